The van der Waals surface area contributed by atoms with Gasteiger partial charge in [0.05, 0.1) is 0 Å². The van der Waals surface area contributed by atoms with Gasteiger partial charge in [0.25, 0.3) is 0 Å². The highest BCUT2D eigenvalue weighted by Gasteiger charge is 2.15. The number of hydrogen-bond acceptors (Lipinski definition) is 1. The maximum absolute atomic E-state index is 11.1. The molecule has 1 atom stereocenters. The second-order valence-corrected chi connectivity index (χ2v) is 3.40. The van der Waals surface area contributed by atoms with Crippen LogP contribution in [0.25, 0.3) is 0 Å². The van der Waals surface area contributed by atoms with Crippen LogP contribution in [0.1, 0.15) is 10.9 Å². The van der Waals surface area contributed by atoms with Crippen molar-refractivity contribution in [2.24, 2.45) is 0 Å². The first-order valence-corrected chi connectivity index (χ1v) is 4.57. The van der Waals surface area contributed by atoms with E-state index in [1.165, 1.54) is 0 Å². The van der Waals surface area contributed by atoms with Gasteiger partial charge in [-0.2, -0.15) is 0 Å². The maximum Gasteiger partial charge on any atom is 0.242 e. The topological polar surface area (TPSA) is 29.1 Å². The van der Waals surface area contributed by atoms with E-state index in [9.17, 15) is 4.79 Å². The van der Waals surface area contributed by atoms with Crippen LogP contribution in [0.5, 0.6) is 0 Å². The van der Waals surface area contributed by atoms with Crippen LogP contribution in [0.3, 0.4) is 0 Å². The SMILES string of the molecule is CNC(=O)C(Cl)c1cccc(Cl)c1. The van der Waals surface area contributed by atoms with Gasteiger partial charge in [-0.1, -0.05) is 23.7 Å². The number of rotatable bonds is 2. The van der Waals surface area contributed by atoms with Crippen molar-refractivity contribution in [2.75, 3.05) is 7.05 Å². The molecule has 1 amide bonds. The highest BCUT2D eigenvalue weighted by Crippen LogP contribution is 2.22. The molecule has 0 aromatic heterocycles. The number of alkyl halides is 1. The number of benzene rings is 1. The van der Waals surface area contributed by atoms with E-state index in [0.717, 1.165) is 0 Å². The highest BCUT2D eigenvalue weighted by molar-refractivity contribution is 6.32. The summed E-state index contributed by atoms with van der Waals surface area (Å²) in [5, 5.41) is 2.37. The number of hydrogen-bond donors (Lipinski definition) is 1. The molecule has 0 saturated carbocycles. The fourth-order valence-electron chi connectivity index (χ4n) is 0.942. The Balaban J connectivity index is 2.88. The van der Waals surface area contributed by atoms with Crippen molar-refractivity contribution in [3.05, 3.63) is 34.9 Å². The summed E-state index contributed by atoms with van der Waals surface area (Å²) in [7, 11) is 1.54. The molecule has 2 nitrogen and oxygen atoms in total. The average Bonchev–Trinajstić information content (AvgIpc) is 2.15. The Morgan fingerprint density at radius 2 is 2.23 bits per heavy atom. The number of likely N-dealkylation sites (N-methyl/N-ethyl adjacent to an activating group) is 1. The summed E-state index contributed by atoms with van der Waals surface area (Å²) < 4.78 is 0. The van der Waals surface area contributed by atoms with Gasteiger partial charge in [0.15, 0.2) is 0 Å². The molecule has 0 heterocycles. The second-order valence-electron chi connectivity index (χ2n) is 2.53. The smallest absolute Gasteiger partial charge is 0.242 e. The van der Waals surface area contributed by atoms with E-state index in [2.05, 4.69) is 5.32 Å². The number of halogens is 2. The molecule has 0 fully saturated rings. The van der Waals surface area contributed by atoms with E-state index in [1.54, 1.807) is 31.3 Å². The zero-order valence-corrected chi connectivity index (χ0v) is 8.56. The molecule has 1 N–H and O–H groups in total. The Morgan fingerprint density at radius 3 is 2.77 bits per heavy atom. The van der Waals surface area contributed by atoms with Crippen molar-refractivity contribution in [1.29, 1.82) is 0 Å². The third-order valence-corrected chi connectivity index (χ3v) is 2.30. The van der Waals surface area contributed by atoms with Gasteiger partial charge in [0, 0.05) is 12.1 Å². The molecule has 0 bridgehead atoms. The molecule has 1 unspecified atom stereocenters. The minimum absolute atomic E-state index is 0.232. The van der Waals surface area contributed by atoms with Crippen LogP contribution in [0.4, 0.5) is 0 Å². The average molecular weight is 218 g/mol. The lowest BCUT2D eigenvalue weighted by atomic mass is 10.1. The van der Waals surface area contributed by atoms with Crippen LogP contribution >= 0.6 is 23.2 Å². The van der Waals surface area contributed by atoms with Crippen molar-refractivity contribution >= 4 is 29.1 Å². The largest absolute Gasteiger partial charge is 0.358 e. The number of nitrogens with one attached hydrogen (secondary N) is 1. The van der Waals surface area contributed by atoms with Gasteiger partial charge in [-0.3, -0.25) is 4.79 Å². The van der Waals surface area contributed by atoms with Gasteiger partial charge in [-0.05, 0) is 17.7 Å². The van der Waals surface area contributed by atoms with E-state index in [1.807, 2.05) is 0 Å². The normalized spacial score (nSPS) is 12.2. The Morgan fingerprint density at radius 1 is 1.54 bits per heavy atom. The summed E-state index contributed by atoms with van der Waals surface area (Å²) in [4.78, 5) is 11.1. The summed E-state index contributed by atoms with van der Waals surface area (Å²) in [6.07, 6.45) is 0. The molecule has 1 aromatic carbocycles. The standard InChI is InChI=1S/C9H9Cl2NO/c1-12-9(13)8(11)6-3-2-4-7(10)5-6/h2-5,8H,1H3,(H,12,13). The van der Waals surface area contributed by atoms with Crippen molar-refractivity contribution in [3.8, 4) is 0 Å². The monoisotopic (exact) mass is 217 g/mol. The van der Waals surface area contributed by atoms with Gasteiger partial charge in [-0.25, -0.2) is 0 Å². The lowest BCUT2D eigenvalue weighted by Gasteiger charge is -2.07. The summed E-state index contributed by atoms with van der Waals surface area (Å²) in [6.45, 7) is 0. The fraction of sp³-hybridized carbons (Fsp3) is 0.222. The predicted octanol–water partition coefficient (Wildman–Crippen LogP) is 2.37. The minimum Gasteiger partial charge on any atom is -0.358 e. The number of carbonyl (C=O) groups is 1. The fourth-order valence-corrected chi connectivity index (χ4v) is 1.39. The maximum atomic E-state index is 11.1. The Bertz CT molecular complexity index is 314. The molecular formula is C9H9Cl2NO. The molecule has 13 heavy (non-hydrogen) atoms. The third kappa shape index (κ3) is 2.61. The third-order valence-electron chi connectivity index (χ3n) is 1.62. The molecule has 4 heteroatoms. The first kappa shape index (κ1) is 10.4. The number of amides is 1. The van der Waals surface area contributed by atoms with E-state index in [4.69, 9.17) is 23.2 Å². The van der Waals surface area contributed by atoms with E-state index < -0.39 is 5.38 Å². The highest BCUT2D eigenvalue weighted by atomic mass is 35.5. The zero-order valence-electron chi connectivity index (χ0n) is 7.05. The van der Waals surface area contributed by atoms with E-state index in [0.29, 0.717) is 10.6 Å². The van der Waals surface area contributed by atoms with E-state index in [-0.39, 0.29) is 5.91 Å². The molecule has 70 valence electrons. The van der Waals surface area contributed by atoms with Crippen molar-refractivity contribution in [1.82, 2.24) is 5.32 Å². The van der Waals surface area contributed by atoms with Crippen molar-refractivity contribution in [3.63, 3.8) is 0 Å². The van der Waals surface area contributed by atoms with Crippen LogP contribution in [-0.2, 0) is 4.79 Å². The van der Waals surface area contributed by atoms with Gasteiger partial charge >= 0.3 is 0 Å². The molecule has 1 rings (SSSR count). The molecule has 1 aromatic rings. The number of carbonyl (C=O) groups excluding carboxylic acids is 1. The molecule has 0 radical (unpaired) electrons. The zero-order chi connectivity index (χ0) is 9.84. The summed E-state index contributed by atoms with van der Waals surface area (Å²) >= 11 is 11.6. The molecule has 0 saturated heterocycles. The first-order valence-electron chi connectivity index (χ1n) is 3.76. The molecular weight excluding hydrogens is 209 g/mol. The van der Waals surface area contributed by atoms with Crippen LogP contribution in [0, 0.1) is 0 Å². The predicted molar refractivity (Wildman–Crippen MR) is 54.1 cm³/mol. The van der Waals surface area contributed by atoms with Gasteiger partial charge in [-0.15, -0.1) is 11.6 Å². The lowest BCUT2D eigenvalue weighted by molar-refractivity contribution is -0.120. The Kier molecular flexibility index (Phi) is 3.58. The molecule has 0 aliphatic carbocycles. The quantitative estimate of drug-likeness (QED) is 0.758. The lowest BCUT2D eigenvalue weighted by Crippen LogP contribution is -2.22. The first-order chi connectivity index (χ1) is 6.15. The molecule has 0 aliphatic rings. The second kappa shape index (κ2) is 4.49. The van der Waals surface area contributed by atoms with Crippen molar-refractivity contribution < 1.29 is 4.79 Å². The Hall–Kier alpha value is -0.730. The van der Waals surface area contributed by atoms with E-state index >= 15 is 0 Å². The summed E-state index contributed by atoms with van der Waals surface area (Å²) in [6, 6.07) is 6.93. The van der Waals surface area contributed by atoms with Gasteiger partial charge in [0.2, 0.25) is 5.91 Å². The van der Waals surface area contributed by atoms with Crippen LogP contribution in [0.15, 0.2) is 24.3 Å². The Labute approximate surface area is 86.8 Å². The molecule has 0 spiro atoms. The van der Waals surface area contributed by atoms with Gasteiger partial charge in [0.1, 0.15) is 5.38 Å². The van der Waals surface area contributed by atoms with Gasteiger partial charge < -0.3 is 5.32 Å². The summed E-state index contributed by atoms with van der Waals surface area (Å²) in [5.74, 6) is -0.232. The van der Waals surface area contributed by atoms with Crippen LogP contribution < -0.4 is 5.32 Å². The summed E-state index contributed by atoms with van der Waals surface area (Å²) in [5.41, 5.74) is 0.702. The molecule has 0 aliphatic heterocycles. The van der Waals surface area contributed by atoms with Crippen LogP contribution in [0.2, 0.25) is 5.02 Å². The minimum atomic E-state index is -0.677. The van der Waals surface area contributed by atoms with Crippen molar-refractivity contribution in [2.45, 2.75) is 5.38 Å². The van der Waals surface area contributed by atoms with Crippen LogP contribution in [-0.4, -0.2) is 13.0 Å².